The lowest BCUT2D eigenvalue weighted by Gasteiger charge is -2.26. The molecule has 2 atom stereocenters. The lowest BCUT2D eigenvalue weighted by atomic mass is 10.1. The molecule has 2 amide bonds. The molecule has 0 spiro atoms. The van der Waals surface area contributed by atoms with Crippen LogP contribution in [-0.2, 0) is 10.9 Å². The molecule has 43 heavy (non-hydrogen) atoms. The molecular weight excluding hydrogens is 575 g/mol. The molecule has 0 unspecified atom stereocenters. The van der Waals surface area contributed by atoms with E-state index in [1.807, 2.05) is 0 Å². The smallest absolute Gasteiger partial charge is 0.434 e. The molecule has 0 saturated carbocycles. The maximum atomic E-state index is 13.9. The van der Waals surface area contributed by atoms with E-state index >= 15 is 0 Å². The van der Waals surface area contributed by atoms with Crippen molar-refractivity contribution < 1.29 is 47.0 Å². The molecule has 1 aliphatic heterocycles. The van der Waals surface area contributed by atoms with Crippen LogP contribution in [0.1, 0.15) is 90.1 Å². The second-order valence-corrected chi connectivity index (χ2v) is 11.2. The van der Waals surface area contributed by atoms with Gasteiger partial charge in [0.25, 0.3) is 0 Å². The van der Waals surface area contributed by atoms with E-state index in [0.29, 0.717) is 6.42 Å². The van der Waals surface area contributed by atoms with E-state index in [9.17, 15) is 33.0 Å². The van der Waals surface area contributed by atoms with Crippen molar-refractivity contribution >= 4 is 18.1 Å². The van der Waals surface area contributed by atoms with Crippen LogP contribution >= 0.6 is 0 Å². The Hall–Kier alpha value is -3.88. The summed E-state index contributed by atoms with van der Waals surface area (Å²) in [4.78, 5) is 32.6. The molecule has 3 N–H and O–H groups in total. The lowest BCUT2D eigenvalue weighted by Crippen LogP contribution is -2.46. The number of guanidine groups is 1. The molecule has 1 saturated heterocycles. The highest BCUT2D eigenvalue weighted by Gasteiger charge is 2.40. The maximum absolute atomic E-state index is 13.9. The third-order valence-corrected chi connectivity index (χ3v) is 6.39. The number of aliphatic hydroxyl groups is 1. The number of rotatable bonds is 10. The molecule has 238 valence electrons. The minimum atomic E-state index is -4.71. The summed E-state index contributed by atoms with van der Waals surface area (Å²) in [6, 6.07) is 2.50. The molecule has 0 aliphatic carbocycles. The van der Waals surface area contributed by atoms with Gasteiger partial charge in [0.2, 0.25) is 17.7 Å². The number of likely N-dealkylation sites (tertiary alicyclic amines) is 1. The number of nitrogens with one attached hydrogen (secondary N) is 1. The third kappa shape index (κ3) is 10.1. The zero-order valence-corrected chi connectivity index (χ0v) is 24.6. The van der Waals surface area contributed by atoms with Crippen LogP contribution in [0, 0.1) is 0 Å². The maximum Gasteiger partial charge on any atom is 0.434 e. The van der Waals surface area contributed by atoms with Gasteiger partial charge >= 0.3 is 18.4 Å². The van der Waals surface area contributed by atoms with Gasteiger partial charge in [0.1, 0.15) is 17.4 Å². The first-order chi connectivity index (χ1) is 20.2. The molecule has 12 nitrogen and oxygen atoms in total. The summed E-state index contributed by atoms with van der Waals surface area (Å²) < 4.78 is 57.7. The number of aromatic nitrogens is 2. The number of nitrogens with zero attached hydrogens (tertiary/aromatic N) is 4. The Balaban J connectivity index is 1.81. The van der Waals surface area contributed by atoms with Crippen LogP contribution in [0.25, 0.3) is 11.4 Å². The van der Waals surface area contributed by atoms with E-state index in [0.717, 1.165) is 38.2 Å². The van der Waals surface area contributed by atoms with Crippen LogP contribution in [0.4, 0.5) is 22.8 Å². The third-order valence-electron chi connectivity index (χ3n) is 6.39. The number of benzene rings is 1. The van der Waals surface area contributed by atoms with Crippen molar-refractivity contribution in [3.05, 3.63) is 29.7 Å². The van der Waals surface area contributed by atoms with Crippen molar-refractivity contribution in [3.8, 4) is 17.1 Å². The number of carbonyl (C=O) groups is 2. The van der Waals surface area contributed by atoms with Crippen LogP contribution in [0.2, 0.25) is 0 Å². The number of β-amino-alcohol motifs (C(OH)–C–C–N with tert-alkyl or cyclic N) is 1. The van der Waals surface area contributed by atoms with Gasteiger partial charge in [-0.2, -0.15) is 18.2 Å². The van der Waals surface area contributed by atoms with E-state index in [1.54, 1.807) is 20.8 Å². The van der Waals surface area contributed by atoms with E-state index in [1.165, 1.54) is 17.0 Å². The summed E-state index contributed by atoms with van der Waals surface area (Å²) in [5.41, 5.74) is -1.88. The number of unbranched alkanes of at least 4 members (excludes halogenated alkanes) is 5. The highest BCUT2D eigenvalue weighted by atomic mass is 19.4. The molecule has 1 aromatic heterocycles. The molecule has 1 aliphatic rings. The number of ether oxygens (including phenoxy) is 2. The summed E-state index contributed by atoms with van der Waals surface area (Å²) >= 11 is 0. The monoisotopic (exact) mass is 613 g/mol. The fourth-order valence-corrected chi connectivity index (χ4v) is 4.50. The van der Waals surface area contributed by atoms with Gasteiger partial charge in [0.15, 0.2) is 0 Å². The average molecular weight is 614 g/mol. The van der Waals surface area contributed by atoms with E-state index in [2.05, 4.69) is 27.4 Å². The van der Waals surface area contributed by atoms with Crippen LogP contribution in [0.15, 0.2) is 27.7 Å². The zero-order valence-electron chi connectivity index (χ0n) is 24.6. The predicted octanol–water partition coefficient (Wildman–Crippen LogP) is 6.16. The van der Waals surface area contributed by atoms with E-state index in [-0.39, 0.29) is 42.6 Å². The summed E-state index contributed by atoms with van der Waals surface area (Å²) in [6.45, 7) is 6.93. The number of halogens is 3. The Morgan fingerprint density at radius 3 is 2.51 bits per heavy atom. The SMILES string of the molecule is CCCCCCCCOc1ccc(-c2noc([C@@H]3C[C@H](O)CN3/C(=N/C(=O)O)NC(=O)OC(C)(C)C)n2)cc1C(F)(F)F. The molecule has 1 fully saturated rings. The number of hydrogen-bond acceptors (Lipinski definition) is 8. The molecule has 0 bridgehead atoms. The minimum absolute atomic E-state index is 0.00522. The summed E-state index contributed by atoms with van der Waals surface area (Å²) in [5.74, 6) is -1.05. The fourth-order valence-electron chi connectivity index (χ4n) is 4.50. The predicted molar refractivity (Wildman–Crippen MR) is 149 cm³/mol. The van der Waals surface area contributed by atoms with Gasteiger partial charge in [-0.3, -0.25) is 5.32 Å². The van der Waals surface area contributed by atoms with Crippen molar-refractivity contribution in [2.24, 2.45) is 4.99 Å². The number of amides is 2. The second kappa shape index (κ2) is 14.5. The van der Waals surface area contributed by atoms with E-state index in [4.69, 9.17) is 14.0 Å². The second-order valence-electron chi connectivity index (χ2n) is 11.2. The van der Waals surface area contributed by atoms with Crippen LogP contribution < -0.4 is 10.1 Å². The Bertz CT molecular complexity index is 1280. The number of carbonyl (C=O) groups excluding carboxylic acids is 1. The quantitative estimate of drug-likeness (QED) is 0.161. The Kier molecular flexibility index (Phi) is 11.4. The van der Waals surface area contributed by atoms with Crippen molar-refractivity contribution in [1.82, 2.24) is 20.4 Å². The van der Waals surface area contributed by atoms with Crippen LogP contribution in [-0.4, -0.2) is 68.3 Å². The van der Waals surface area contributed by atoms with Crippen molar-refractivity contribution in [2.45, 2.75) is 96.6 Å². The zero-order chi connectivity index (χ0) is 31.8. The summed E-state index contributed by atoms with van der Waals surface area (Å²) in [6.07, 6.45) is -2.54. The summed E-state index contributed by atoms with van der Waals surface area (Å²) in [5, 5.41) is 25.7. The Labute approximate surface area is 247 Å². The number of aliphatic imine (C=N–C) groups is 1. The Morgan fingerprint density at radius 1 is 1.16 bits per heavy atom. The first-order valence-electron chi connectivity index (χ1n) is 14.1. The normalized spacial score (nSPS) is 17.7. The highest BCUT2D eigenvalue weighted by Crippen LogP contribution is 2.39. The van der Waals surface area contributed by atoms with Crippen molar-refractivity contribution in [3.63, 3.8) is 0 Å². The van der Waals surface area contributed by atoms with Crippen molar-refractivity contribution in [1.29, 1.82) is 0 Å². The minimum Gasteiger partial charge on any atom is -0.493 e. The lowest BCUT2D eigenvalue weighted by molar-refractivity contribution is -0.138. The van der Waals surface area contributed by atoms with Crippen LogP contribution in [0.5, 0.6) is 5.75 Å². The number of alkyl halides is 3. The molecule has 15 heteroatoms. The number of aliphatic hydroxyl groups excluding tert-OH is 1. The van der Waals surface area contributed by atoms with Crippen LogP contribution in [0.3, 0.4) is 0 Å². The average Bonchev–Trinajstić information content (AvgIpc) is 3.53. The topological polar surface area (TPSA) is 160 Å². The standard InChI is InChI=1S/C28H38F3N5O7/c1-5-6-7-8-9-10-13-41-21-12-11-17(14-19(21)28(29,30)31)22-32-23(43-35-22)20-15-18(37)16-36(20)24(33-25(38)39)34-26(40)42-27(2,3)4/h11-12,14,18,20,37H,5-10,13,15-16H2,1-4H3,(H,38,39)(H,33,34,40)/t18-,20-/m0/s1. The molecular formula is C28H38F3N5O7. The molecule has 3 rings (SSSR count). The van der Waals surface area contributed by atoms with Gasteiger partial charge < -0.3 is 29.1 Å². The first-order valence-corrected chi connectivity index (χ1v) is 14.1. The molecule has 2 aromatic rings. The first kappa shape index (κ1) is 33.6. The molecule has 2 heterocycles. The Morgan fingerprint density at radius 2 is 1.86 bits per heavy atom. The molecule has 1 aromatic carbocycles. The van der Waals surface area contributed by atoms with Gasteiger partial charge in [-0.25, -0.2) is 9.59 Å². The van der Waals surface area contributed by atoms with E-state index < -0.39 is 47.6 Å². The highest BCUT2D eigenvalue weighted by molar-refractivity contribution is 5.98. The van der Waals surface area contributed by atoms with Crippen molar-refractivity contribution in [2.75, 3.05) is 13.2 Å². The number of hydrogen-bond donors (Lipinski definition) is 3. The molecule has 0 radical (unpaired) electrons. The van der Waals surface area contributed by atoms with Gasteiger partial charge in [0, 0.05) is 18.5 Å². The largest absolute Gasteiger partial charge is 0.493 e. The van der Waals surface area contributed by atoms with Gasteiger partial charge in [-0.1, -0.05) is 44.2 Å². The van der Waals surface area contributed by atoms with Gasteiger partial charge in [-0.15, -0.1) is 4.99 Å². The van der Waals surface area contributed by atoms with Gasteiger partial charge in [0.05, 0.1) is 18.3 Å². The van der Waals surface area contributed by atoms with Gasteiger partial charge in [-0.05, 0) is 45.4 Å². The number of alkyl carbamates (subject to hydrolysis) is 1. The number of carboxylic acid groups (broad SMARTS) is 1. The summed E-state index contributed by atoms with van der Waals surface area (Å²) in [7, 11) is 0. The fraction of sp³-hybridized carbons (Fsp3) is 0.607.